The maximum atomic E-state index is 12.7. The van der Waals surface area contributed by atoms with Crippen LogP contribution in [0.15, 0.2) is 24.3 Å². The van der Waals surface area contributed by atoms with Gasteiger partial charge in [0.25, 0.3) is 0 Å². The molecule has 0 saturated carbocycles. The number of carbonyl (C=O) groups excluding carboxylic acids is 1. The van der Waals surface area contributed by atoms with Crippen LogP contribution in [0.5, 0.6) is 0 Å². The van der Waals surface area contributed by atoms with Gasteiger partial charge in [-0.05, 0) is 51.1 Å². The molecule has 2 atom stereocenters. The first-order chi connectivity index (χ1) is 11.5. The number of alkyl halides is 3. The third kappa shape index (κ3) is 7.18. The lowest BCUT2D eigenvalue weighted by molar-refractivity contribution is -0.137. The predicted octanol–water partition coefficient (Wildman–Crippen LogP) is 5.46. The van der Waals surface area contributed by atoms with Gasteiger partial charge in [-0.15, -0.1) is 0 Å². The highest BCUT2D eigenvalue weighted by atomic mass is 32.2. The molecule has 0 bridgehead atoms. The van der Waals surface area contributed by atoms with Crippen molar-refractivity contribution in [3.63, 3.8) is 0 Å². The normalized spacial score (nSPS) is 14.7. The minimum absolute atomic E-state index is 0.102. The Kier molecular flexibility index (Phi) is 7.65. The molecule has 1 N–H and O–H groups in total. The fourth-order valence-corrected chi connectivity index (χ4v) is 3.27. The van der Waals surface area contributed by atoms with E-state index in [0.717, 1.165) is 17.7 Å². The number of ether oxygens (including phenoxy) is 1. The summed E-state index contributed by atoms with van der Waals surface area (Å²) in [5.41, 5.74) is -0.510. The lowest BCUT2D eigenvalue weighted by Crippen LogP contribution is -2.42. The van der Waals surface area contributed by atoms with Gasteiger partial charge in [0.1, 0.15) is 5.60 Å². The number of benzene rings is 1. The van der Waals surface area contributed by atoms with Crippen LogP contribution in [0.3, 0.4) is 0 Å². The molecule has 0 saturated heterocycles. The molecule has 1 aromatic rings. The molecule has 25 heavy (non-hydrogen) atoms. The highest BCUT2D eigenvalue weighted by Crippen LogP contribution is 2.32. The van der Waals surface area contributed by atoms with E-state index in [1.165, 1.54) is 12.1 Å². The van der Waals surface area contributed by atoms with Crippen LogP contribution in [0.2, 0.25) is 0 Å². The summed E-state index contributed by atoms with van der Waals surface area (Å²) >= 11 is 1.58. The van der Waals surface area contributed by atoms with Crippen molar-refractivity contribution in [1.29, 1.82) is 0 Å². The van der Waals surface area contributed by atoms with Crippen molar-refractivity contribution < 1.29 is 22.7 Å². The number of carbonyl (C=O) groups is 1. The van der Waals surface area contributed by atoms with E-state index in [9.17, 15) is 18.0 Å². The zero-order valence-corrected chi connectivity index (χ0v) is 16.1. The molecule has 0 unspecified atom stereocenters. The molecule has 0 fully saturated rings. The molecule has 1 amide bonds. The number of hydrogen-bond donors (Lipinski definition) is 1. The van der Waals surface area contributed by atoms with Gasteiger partial charge < -0.3 is 10.1 Å². The average molecular weight is 377 g/mol. The Morgan fingerprint density at radius 2 is 1.76 bits per heavy atom. The fourth-order valence-electron chi connectivity index (χ4n) is 2.49. The Balaban J connectivity index is 2.97. The monoisotopic (exact) mass is 377 g/mol. The molecule has 142 valence electrons. The SMILES string of the molecule is CC[C@@H](NC(=O)OC(C)(C)C)[C@@H](CSC)c1ccc(C(F)(F)F)cc1. The minimum Gasteiger partial charge on any atom is -0.444 e. The van der Waals surface area contributed by atoms with Crippen LogP contribution >= 0.6 is 11.8 Å². The Hall–Kier alpha value is -1.37. The largest absolute Gasteiger partial charge is 0.444 e. The van der Waals surface area contributed by atoms with Crippen LogP contribution in [-0.4, -0.2) is 29.7 Å². The van der Waals surface area contributed by atoms with Crippen molar-refractivity contribution in [3.05, 3.63) is 35.4 Å². The van der Waals surface area contributed by atoms with Crippen molar-refractivity contribution in [2.24, 2.45) is 0 Å². The average Bonchev–Trinajstić information content (AvgIpc) is 2.48. The smallest absolute Gasteiger partial charge is 0.416 e. The van der Waals surface area contributed by atoms with Gasteiger partial charge >= 0.3 is 12.3 Å². The van der Waals surface area contributed by atoms with Crippen LogP contribution in [0.1, 0.15) is 51.2 Å². The molecular formula is C18H26F3NO2S. The quantitative estimate of drug-likeness (QED) is 0.716. The first-order valence-corrected chi connectivity index (χ1v) is 9.53. The van der Waals surface area contributed by atoms with E-state index < -0.39 is 23.4 Å². The van der Waals surface area contributed by atoms with Crippen molar-refractivity contribution in [3.8, 4) is 0 Å². The van der Waals surface area contributed by atoms with E-state index in [1.807, 2.05) is 13.2 Å². The van der Waals surface area contributed by atoms with Crippen LogP contribution in [0.4, 0.5) is 18.0 Å². The maximum Gasteiger partial charge on any atom is 0.416 e. The molecule has 7 heteroatoms. The Labute approximate surface area is 151 Å². The van der Waals surface area contributed by atoms with Crippen LogP contribution in [-0.2, 0) is 10.9 Å². The fraction of sp³-hybridized carbons (Fsp3) is 0.611. The molecule has 0 aromatic heterocycles. The first-order valence-electron chi connectivity index (χ1n) is 8.13. The molecule has 0 aliphatic rings. The van der Waals surface area contributed by atoms with E-state index in [2.05, 4.69) is 5.32 Å². The number of halogens is 3. The van der Waals surface area contributed by atoms with Gasteiger partial charge in [-0.3, -0.25) is 0 Å². The van der Waals surface area contributed by atoms with Crippen molar-refractivity contribution >= 4 is 17.9 Å². The first kappa shape index (κ1) is 21.7. The van der Waals surface area contributed by atoms with Gasteiger partial charge in [-0.25, -0.2) is 4.79 Å². The molecule has 1 aromatic carbocycles. The summed E-state index contributed by atoms with van der Waals surface area (Å²) in [4.78, 5) is 12.1. The van der Waals surface area contributed by atoms with E-state index in [1.54, 1.807) is 32.5 Å². The summed E-state index contributed by atoms with van der Waals surface area (Å²) in [5.74, 6) is 0.578. The summed E-state index contributed by atoms with van der Waals surface area (Å²) in [5, 5.41) is 2.85. The van der Waals surface area contributed by atoms with E-state index >= 15 is 0 Å². The summed E-state index contributed by atoms with van der Waals surface area (Å²) in [7, 11) is 0. The van der Waals surface area contributed by atoms with E-state index in [-0.39, 0.29) is 12.0 Å². The van der Waals surface area contributed by atoms with Gasteiger partial charge in [0.2, 0.25) is 0 Å². The van der Waals surface area contributed by atoms with Gasteiger partial charge in [0.05, 0.1) is 5.56 Å². The molecule has 0 heterocycles. The summed E-state index contributed by atoms with van der Waals surface area (Å²) in [6.07, 6.45) is -2.30. The van der Waals surface area contributed by atoms with Crippen LogP contribution in [0.25, 0.3) is 0 Å². The number of rotatable bonds is 6. The summed E-state index contributed by atoms with van der Waals surface area (Å²) in [6.45, 7) is 7.27. The number of thioether (sulfide) groups is 1. The topological polar surface area (TPSA) is 38.3 Å². The van der Waals surface area contributed by atoms with Crippen LogP contribution in [0, 0.1) is 0 Å². The summed E-state index contributed by atoms with van der Waals surface area (Å²) in [6, 6.07) is 4.93. The van der Waals surface area contributed by atoms with Crippen LogP contribution < -0.4 is 5.32 Å². The number of amides is 1. The zero-order chi connectivity index (χ0) is 19.3. The van der Waals surface area contributed by atoms with E-state index in [4.69, 9.17) is 4.74 Å². The Bertz CT molecular complexity index is 553. The lowest BCUT2D eigenvalue weighted by atomic mass is 9.91. The third-order valence-electron chi connectivity index (χ3n) is 3.64. The Morgan fingerprint density at radius 3 is 2.16 bits per heavy atom. The molecule has 1 rings (SSSR count). The molecule has 3 nitrogen and oxygen atoms in total. The number of alkyl carbamates (subject to hydrolysis) is 1. The highest BCUT2D eigenvalue weighted by molar-refractivity contribution is 7.98. The van der Waals surface area contributed by atoms with Crippen molar-refractivity contribution in [1.82, 2.24) is 5.32 Å². The maximum absolute atomic E-state index is 12.7. The van der Waals surface area contributed by atoms with Gasteiger partial charge in [-0.1, -0.05) is 19.1 Å². The number of hydrogen-bond acceptors (Lipinski definition) is 3. The standard InChI is InChI=1S/C18H26F3NO2S/c1-6-15(22-16(23)24-17(2,3)4)14(11-25-5)12-7-9-13(10-8-12)18(19,20)21/h7-10,14-15H,6,11H2,1-5H3,(H,22,23)/t14-,15+/m0/s1. The molecule has 0 radical (unpaired) electrons. The third-order valence-corrected chi connectivity index (χ3v) is 4.33. The second-order valence-corrected chi connectivity index (χ2v) is 7.75. The highest BCUT2D eigenvalue weighted by Gasteiger charge is 2.31. The van der Waals surface area contributed by atoms with Gasteiger partial charge in [0, 0.05) is 17.7 Å². The predicted molar refractivity (Wildman–Crippen MR) is 96.0 cm³/mol. The van der Waals surface area contributed by atoms with Crippen molar-refractivity contribution in [2.45, 2.75) is 57.9 Å². The molecule has 0 spiro atoms. The van der Waals surface area contributed by atoms with Gasteiger partial charge in [0.15, 0.2) is 0 Å². The number of nitrogens with one attached hydrogen (secondary N) is 1. The summed E-state index contributed by atoms with van der Waals surface area (Å²) < 4.78 is 43.5. The second-order valence-electron chi connectivity index (χ2n) is 6.84. The molecule has 0 aliphatic heterocycles. The van der Waals surface area contributed by atoms with E-state index in [0.29, 0.717) is 12.2 Å². The second kappa shape index (κ2) is 8.83. The van der Waals surface area contributed by atoms with Gasteiger partial charge in [-0.2, -0.15) is 24.9 Å². The zero-order valence-electron chi connectivity index (χ0n) is 15.2. The van der Waals surface area contributed by atoms with Crippen molar-refractivity contribution in [2.75, 3.05) is 12.0 Å². The molecule has 0 aliphatic carbocycles. The Morgan fingerprint density at radius 1 is 1.20 bits per heavy atom. The lowest BCUT2D eigenvalue weighted by Gasteiger charge is -2.29. The minimum atomic E-state index is -4.35. The molecular weight excluding hydrogens is 351 g/mol.